The first kappa shape index (κ1) is 15.6. The van der Waals surface area contributed by atoms with E-state index in [0.717, 1.165) is 18.4 Å². The number of carbonyl (C=O) groups is 1. The molecular formula is C16H17N3O3S. The van der Waals surface area contributed by atoms with Crippen LogP contribution in [0.25, 0.3) is 0 Å². The largest absolute Gasteiger partial charge is 0.349 e. The Hall–Kier alpha value is -2.25. The number of sulfonamides is 1. The topological polar surface area (TPSA) is 88.2 Å². The fraction of sp³-hybridized carbons (Fsp3) is 0.250. The molecule has 6 nitrogen and oxygen atoms in total. The number of aromatic nitrogens is 1. The maximum atomic E-state index is 12.4. The van der Waals surface area contributed by atoms with Crippen LogP contribution in [0.15, 0.2) is 53.7 Å². The third kappa shape index (κ3) is 4.14. The normalized spacial score (nSPS) is 14.4. The molecule has 1 aromatic heterocycles. The summed E-state index contributed by atoms with van der Waals surface area (Å²) in [6.07, 6.45) is 5.19. The Bertz CT molecular complexity index is 802. The van der Waals surface area contributed by atoms with Crippen LogP contribution in [0.1, 0.15) is 28.8 Å². The van der Waals surface area contributed by atoms with E-state index in [4.69, 9.17) is 0 Å². The van der Waals surface area contributed by atoms with Gasteiger partial charge in [0.15, 0.2) is 0 Å². The second kappa shape index (κ2) is 6.47. The zero-order valence-electron chi connectivity index (χ0n) is 12.4. The molecule has 1 heterocycles. The van der Waals surface area contributed by atoms with E-state index in [0.29, 0.717) is 5.56 Å². The molecule has 3 rings (SSSR count). The minimum Gasteiger partial charge on any atom is -0.349 e. The first-order chi connectivity index (χ1) is 11.0. The number of benzene rings is 1. The minimum absolute atomic E-state index is 0.0739. The highest BCUT2D eigenvalue weighted by atomic mass is 32.2. The molecule has 2 aromatic rings. The van der Waals surface area contributed by atoms with Gasteiger partial charge in [0.05, 0.1) is 4.90 Å². The van der Waals surface area contributed by atoms with Gasteiger partial charge in [-0.05, 0) is 42.7 Å². The van der Waals surface area contributed by atoms with E-state index in [-0.39, 0.29) is 23.4 Å². The molecular weight excluding hydrogens is 314 g/mol. The van der Waals surface area contributed by atoms with Gasteiger partial charge in [-0.25, -0.2) is 13.1 Å². The van der Waals surface area contributed by atoms with Crippen LogP contribution in [0.4, 0.5) is 0 Å². The van der Waals surface area contributed by atoms with E-state index in [1.54, 1.807) is 36.7 Å². The Morgan fingerprint density at radius 3 is 2.74 bits per heavy atom. The highest BCUT2D eigenvalue weighted by Gasteiger charge is 2.24. The lowest BCUT2D eigenvalue weighted by molar-refractivity contribution is 0.0951. The lowest BCUT2D eigenvalue weighted by atomic mass is 10.2. The third-order valence-corrected chi connectivity index (χ3v) is 4.91. The summed E-state index contributed by atoms with van der Waals surface area (Å²) in [5.41, 5.74) is 1.11. The molecule has 7 heteroatoms. The molecule has 1 aromatic carbocycles. The van der Waals surface area contributed by atoms with Crippen molar-refractivity contribution in [1.29, 1.82) is 0 Å². The molecule has 1 saturated carbocycles. The van der Waals surface area contributed by atoms with Gasteiger partial charge in [0.2, 0.25) is 10.0 Å². The van der Waals surface area contributed by atoms with E-state index >= 15 is 0 Å². The predicted octanol–water partition coefficient (Wildman–Crippen LogP) is 1.45. The van der Waals surface area contributed by atoms with Crippen molar-refractivity contribution in [2.75, 3.05) is 0 Å². The van der Waals surface area contributed by atoms with E-state index in [1.165, 1.54) is 12.1 Å². The SMILES string of the molecule is O=C(NC1CC1)c1cccc(S(=O)(=O)NCc2cccnc2)c1. The van der Waals surface area contributed by atoms with Crippen LogP contribution in [-0.2, 0) is 16.6 Å². The van der Waals surface area contributed by atoms with E-state index < -0.39 is 10.0 Å². The third-order valence-electron chi connectivity index (χ3n) is 3.51. The van der Waals surface area contributed by atoms with Crippen molar-refractivity contribution in [1.82, 2.24) is 15.0 Å². The Morgan fingerprint density at radius 1 is 1.22 bits per heavy atom. The monoisotopic (exact) mass is 331 g/mol. The number of hydrogen-bond donors (Lipinski definition) is 2. The molecule has 0 spiro atoms. The Labute approximate surface area is 135 Å². The van der Waals surface area contributed by atoms with Gasteiger partial charge in [0, 0.05) is 30.5 Å². The summed E-state index contributed by atoms with van der Waals surface area (Å²) in [5, 5.41) is 2.84. The van der Waals surface area contributed by atoms with Crippen molar-refractivity contribution in [3.05, 3.63) is 59.9 Å². The second-order valence-electron chi connectivity index (χ2n) is 5.46. The smallest absolute Gasteiger partial charge is 0.251 e. The number of amides is 1. The van der Waals surface area contributed by atoms with Crippen LogP contribution in [0.5, 0.6) is 0 Å². The Morgan fingerprint density at radius 2 is 2.04 bits per heavy atom. The summed E-state index contributed by atoms with van der Waals surface area (Å²) in [6.45, 7) is 0.147. The summed E-state index contributed by atoms with van der Waals surface area (Å²) < 4.78 is 27.2. The van der Waals surface area contributed by atoms with Crippen molar-refractivity contribution >= 4 is 15.9 Å². The number of nitrogens with zero attached hydrogens (tertiary/aromatic N) is 1. The molecule has 0 radical (unpaired) electrons. The fourth-order valence-electron chi connectivity index (χ4n) is 2.07. The Kier molecular flexibility index (Phi) is 4.40. The molecule has 1 amide bonds. The second-order valence-corrected chi connectivity index (χ2v) is 7.23. The molecule has 2 N–H and O–H groups in total. The number of carbonyl (C=O) groups excluding carboxylic acids is 1. The molecule has 0 aliphatic heterocycles. The number of nitrogens with one attached hydrogen (secondary N) is 2. The van der Waals surface area contributed by atoms with Crippen molar-refractivity contribution in [2.24, 2.45) is 0 Å². The average Bonchev–Trinajstić information content (AvgIpc) is 3.38. The van der Waals surface area contributed by atoms with Crippen molar-refractivity contribution in [3.63, 3.8) is 0 Å². The molecule has 0 bridgehead atoms. The predicted molar refractivity (Wildman–Crippen MR) is 85.2 cm³/mol. The Balaban J connectivity index is 1.72. The van der Waals surface area contributed by atoms with Gasteiger partial charge < -0.3 is 5.32 Å². The van der Waals surface area contributed by atoms with Gasteiger partial charge in [0.25, 0.3) is 5.91 Å². The fourth-order valence-corrected chi connectivity index (χ4v) is 3.13. The highest BCUT2D eigenvalue weighted by Crippen LogP contribution is 2.20. The van der Waals surface area contributed by atoms with E-state index in [1.807, 2.05) is 0 Å². The molecule has 1 fully saturated rings. The first-order valence-corrected chi connectivity index (χ1v) is 8.82. The van der Waals surface area contributed by atoms with Gasteiger partial charge in [-0.3, -0.25) is 9.78 Å². The number of hydrogen-bond acceptors (Lipinski definition) is 4. The summed E-state index contributed by atoms with van der Waals surface area (Å²) in [4.78, 5) is 16.0. The molecule has 0 unspecified atom stereocenters. The maximum Gasteiger partial charge on any atom is 0.251 e. The zero-order chi connectivity index (χ0) is 16.3. The van der Waals surface area contributed by atoms with Crippen LogP contribution in [0.2, 0.25) is 0 Å². The van der Waals surface area contributed by atoms with E-state index in [2.05, 4.69) is 15.0 Å². The molecule has 0 saturated heterocycles. The number of pyridine rings is 1. The van der Waals surface area contributed by atoms with Crippen molar-refractivity contribution in [3.8, 4) is 0 Å². The van der Waals surface area contributed by atoms with Crippen LogP contribution in [0.3, 0.4) is 0 Å². The number of rotatable bonds is 6. The molecule has 23 heavy (non-hydrogen) atoms. The standard InChI is InChI=1S/C16H17N3O3S/c20-16(19-14-6-7-14)13-4-1-5-15(9-13)23(21,22)18-11-12-3-2-8-17-10-12/h1-5,8-10,14,18H,6-7,11H2,(H,19,20). The molecule has 1 aliphatic rings. The van der Waals surface area contributed by atoms with Gasteiger partial charge in [-0.1, -0.05) is 12.1 Å². The molecule has 120 valence electrons. The zero-order valence-corrected chi connectivity index (χ0v) is 13.2. The van der Waals surface area contributed by atoms with Gasteiger partial charge in [-0.2, -0.15) is 0 Å². The molecule has 0 atom stereocenters. The summed E-state index contributed by atoms with van der Waals surface area (Å²) in [6, 6.07) is 9.80. The average molecular weight is 331 g/mol. The summed E-state index contributed by atoms with van der Waals surface area (Å²) in [5.74, 6) is -0.239. The van der Waals surface area contributed by atoms with Crippen LogP contribution in [0, 0.1) is 0 Å². The summed E-state index contributed by atoms with van der Waals surface area (Å²) >= 11 is 0. The van der Waals surface area contributed by atoms with Crippen LogP contribution < -0.4 is 10.0 Å². The molecule has 1 aliphatic carbocycles. The van der Waals surface area contributed by atoms with E-state index in [9.17, 15) is 13.2 Å². The minimum atomic E-state index is -3.69. The summed E-state index contributed by atoms with van der Waals surface area (Å²) in [7, 11) is -3.69. The lowest BCUT2D eigenvalue weighted by Gasteiger charge is -2.08. The van der Waals surface area contributed by atoms with Gasteiger partial charge >= 0.3 is 0 Å². The van der Waals surface area contributed by atoms with Crippen molar-refractivity contribution in [2.45, 2.75) is 30.3 Å². The van der Waals surface area contributed by atoms with Crippen LogP contribution in [-0.4, -0.2) is 25.4 Å². The highest BCUT2D eigenvalue weighted by molar-refractivity contribution is 7.89. The maximum absolute atomic E-state index is 12.4. The first-order valence-electron chi connectivity index (χ1n) is 7.34. The quantitative estimate of drug-likeness (QED) is 0.838. The van der Waals surface area contributed by atoms with Gasteiger partial charge in [-0.15, -0.1) is 0 Å². The van der Waals surface area contributed by atoms with Crippen LogP contribution >= 0.6 is 0 Å². The van der Waals surface area contributed by atoms with Crippen molar-refractivity contribution < 1.29 is 13.2 Å². The van der Waals surface area contributed by atoms with Gasteiger partial charge in [0.1, 0.15) is 0 Å². The lowest BCUT2D eigenvalue weighted by Crippen LogP contribution is -2.26.